The quantitative estimate of drug-likeness (QED) is 0.359. The molecule has 0 aromatic rings. The molecule has 0 spiro atoms. The highest BCUT2D eigenvalue weighted by Gasteiger charge is 2.07. The van der Waals surface area contributed by atoms with E-state index in [0.717, 1.165) is 23.9 Å². The van der Waals surface area contributed by atoms with Crippen LogP contribution in [0.5, 0.6) is 0 Å². The Kier molecular flexibility index (Phi) is 7.47. The van der Waals surface area contributed by atoms with Crippen molar-refractivity contribution in [1.29, 1.82) is 0 Å². The molecule has 0 aliphatic carbocycles. The van der Waals surface area contributed by atoms with Gasteiger partial charge in [-0.2, -0.15) is 0 Å². The normalized spacial score (nSPS) is 14.3. The fraction of sp³-hybridized carbons (Fsp3) is 1.00. The largest absolute Gasteiger partial charge is 0.329 e. The van der Waals surface area contributed by atoms with E-state index in [1.807, 2.05) is 0 Å². The van der Waals surface area contributed by atoms with Gasteiger partial charge in [-0.25, -0.2) is 0 Å². The second-order valence-corrected chi connectivity index (χ2v) is 5.39. The Morgan fingerprint density at radius 1 is 1.14 bits per heavy atom. The van der Waals surface area contributed by atoms with Crippen LogP contribution in [0.4, 0.5) is 0 Å². The zero-order valence-electron chi connectivity index (χ0n) is 9.71. The molecule has 0 rings (SSSR count). The Labute approximate surface area is 87.7 Å². The molecule has 0 amide bonds. The van der Waals surface area contributed by atoms with Crippen LogP contribution in [0.1, 0.15) is 19.8 Å². The van der Waals surface area contributed by atoms with E-state index in [-0.39, 0.29) is 0 Å². The highest BCUT2D eigenvalue weighted by atomic mass is 31.1. The van der Waals surface area contributed by atoms with Crippen LogP contribution in [0.2, 0.25) is 0 Å². The summed E-state index contributed by atoms with van der Waals surface area (Å²) in [5, 5.41) is 0. The van der Waals surface area contributed by atoms with Gasteiger partial charge in [0.15, 0.2) is 0 Å². The summed E-state index contributed by atoms with van der Waals surface area (Å²) in [6.45, 7) is 3.94. The summed E-state index contributed by atoms with van der Waals surface area (Å²) in [7, 11) is 3.96. The van der Waals surface area contributed by atoms with E-state index in [1.165, 1.54) is 0 Å². The summed E-state index contributed by atoms with van der Waals surface area (Å²) in [6.07, 6.45) is 1.99. The van der Waals surface area contributed by atoms with E-state index in [0.29, 0.717) is 13.2 Å². The molecule has 0 aromatic heterocycles. The van der Waals surface area contributed by atoms with Gasteiger partial charge in [-0.1, -0.05) is 13.3 Å². The molecule has 0 saturated carbocycles. The third-order valence-corrected chi connectivity index (χ3v) is 2.58. The van der Waals surface area contributed by atoms with Gasteiger partial charge in [0.25, 0.3) is 0 Å². The third-order valence-electron chi connectivity index (χ3n) is 1.70. The van der Waals surface area contributed by atoms with E-state index >= 15 is 0 Å². The lowest BCUT2D eigenvalue weighted by atomic mass is 10.4. The van der Waals surface area contributed by atoms with Crippen LogP contribution < -0.4 is 0 Å². The van der Waals surface area contributed by atoms with E-state index in [9.17, 15) is 4.57 Å². The van der Waals surface area contributed by atoms with E-state index in [4.69, 9.17) is 9.05 Å². The number of hydrogen-bond acceptors (Lipinski definition) is 3. The molecular weight excluding hydrogens is 201 g/mol. The minimum absolute atomic E-state index is 0.493. The third kappa shape index (κ3) is 10.2. The molecule has 0 aliphatic rings. The Balaban J connectivity index is 3.36. The highest BCUT2D eigenvalue weighted by Crippen LogP contribution is 2.23. The number of hydrogen-bond donors (Lipinski definition) is 0. The van der Waals surface area contributed by atoms with Crippen molar-refractivity contribution >= 4 is 8.25 Å². The fourth-order valence-electron chi connectivity index (χ4n) is 0.744. The summed E-state index contributed by atoms with van der Waals surface area (Å²) in [5.41, 5.74) is 0. The van der Waals surface area contributed by atoms with Crippen molar-refractivity contribution in [3.05, 3.63) is 0 Å². The predicted molar refractivity (Wildman–Crippen MR) is 58.7 cm³/mol. The molecule has 0 bridgehead atoms. The average Bonchev–Trinajstić information content (AvgIpc) is 2.02. The summed E-state index contributed by atoms with van der Waals surface area (Å²) < 4.78 is 22.0. The first-order valence-corrected chi connectivity index (χ1v) is 6.28. The molecular formula is C9H23NO3P+. The van der Waals surface area contributed by atoms with Gasteiger partial charge in [0.1, 0.15) is 13.2 Å². The van der Waals surface area contributed by atoms with Gasteiger partial charge in [0.2, 0.25) is 0 Å². The molecule has 4 nitrogen and oxygen atoms in total. The van der Waals surface area contributed by atoms with Crippen molar-refractivity contribution < 1.29 is 18.1 Å². The van der Waals surface area contributed by atoms with Gasteiger partial charge in [-0.3, -0.25) is 4.57 Å². The van der Waals surface area contributed by atoms with Crippen molar-refractivity contribution in [1.82, 2.24) is 0 Å². The molecule has 0 fully saturated rings. The SMILES string of the molecule is CCCCO[PH](=O)OCC[N+](C)(C)C. The Morgan fingerprint density at radius 3 is 2.21 bits per heavy atom. The lowest BCUT2D eigenvalue weighted by molar-refractivity contribution is -0.870. The maximum Gasteiger partial charge on any atom is 0.319 e. The lowest BCUT2D eigenvalue weighted by Crippen LogP contribution is -2.37. The highest BCUT2D eigenvalue weighted by molar-refractivity contribution is 7.33. The van der Waals surface area contributed by atoms with Gasteiger partial charge >= 0.3 is 8.25 Å². The van der Waals surface area contributed by atoms with Gasteiger partial charge in [-0.05, 0) is 6.42 Å². The molecule has 0 heterocycles. The molecule has 0 N–H and O–H groups in total. The maximum atomic E-state index is 11.1. The van der Waals surface area contributed by atoms with Crippen LogP contribution in [0.3, 0.4) is 0 Å². The zero-order valence-corrected chi connectivity index (χ0v) is 10.7. The first-order chi connectivity index (χ1) is 6.45. The Morgan fingerprint density at radius 2 is 1.71 bits per heavy atom. The molecule has 0 aliphatic heterocycles. The molecule has 0 radical (unpaired) electrons. The van der Waals surface area contributed by atoms with Crippen molar-refractivity contribution in [2.45, 2.75) is 19.8 Å². The number of likely N-dealkylation sites (N-methyl/N-ethyl adjacent to an activating group) is 1. The van der Waals surface area contributed by atoms with Crippen LogP contribution in [-0.2, 0) is 13.6 Å². The number of nitrogens with zero attached hydrogens (tertiary/aromatic N) is 1. The van der Waals surface area contributed by atoms with Gasteiger partial charge in [0, 0.05) is 0 Å². The van der Waals surface area contributed by atoms with Crippen LogP contribution in [0.25, 0.3) is 0 Å². The molecule has 14 heavy (non-hydrogen) atoms. The second kappa shape index (κ2) is 7.41. The second-order valence-electron chi connectivity index (χ2n) is 4.31. The minimum Gasteiger partial charge on any atom is -0.329 e. The summed E-state index contributed by atoms with van der Waals surface area (Å²) in [5.74, 6) is 0. The first kappa shape index (κ1) is 14.1. The summed E-state index contributed by atoms with van der Waals surface area (Å²) >= 11 is 0. The molecule has 5 heteroatoms. The first-order valence-electron chi connectivity index (χ1n) is 5.05. The summed E-state index contributed by atoms with van der Waals surface area (Å²) in [6, 6.07) is 0. The number of rotatable bonds is 8. The molecule has 1 unspecified atom stereocenters. The lowest BCUT2D eigenvalue weighted by Gasteiger charge is -2.23. The zero-order chi connectivity index (χ0) is 11.0. The monoisotopic (exact) mass is 224 g/mol. The smallest absolute Gasteiger partial charge is 0.319 e. The van der Waals surface area contributed by atoms with Crippen molar-refractivity contribution in [3.63, 3.8) is 0 Å². The van der Waals surface area contributed by atoms with E-state index in [2.05, 4.69) is 28.1 Å². The average molecular weight is 224 g/mol. The minimum atomic E-state index is -2.24. The van der Waals surface area contributed by atoms with Crippen molar-refractivity contribution in [2.75, 3.05) is 40.9 Å². The van der Waals surface area contributed by atoms with Gasteiger partial charge < -0.3 is 13.5 Å². The molecule has 86 valence electrons. The Bertz CT molecular complexity index is 168. The van der Waals surface area contributed by atoms with Crippen LogP contribution in [0, 0.1) is 0 Å². The molecule has 0 saturated heterocycles. The van der Waals surface area contributed by atoms with E-state index in [1.54, 1.807) is 0 Å². The molecule has 1 atom stereocenters. The standard InChI is InChI=1S/C9H23NO3P/c1-5-6-8-12-14(11)13-9-7-10(2,3)4/h14H,5-9H2,1-4H3/q+1. The topological polar surface area (TPSA) is 35.5 Å². The van der Waals surface area contributed by atoms with Gasteiger partial charge in [0.05, 0.1) is 27.7 Å². The fourth-order valence-corrected chi connectivity index (χ4v) is 1.40. The maximum absolute atomic E-state index is 11.1. The summed E-state index contributed by atoms with van der Waals surface area (Å²) in [4.78, 5) is 0. The van der Waals surface area contributed by atoms with Gasteiger partial charge in [-0.15, -0.1) is 0 Å². The van der Waals surface area contributed by atoms with Crippen LogP contribution in [-0.4, -0.2) is 45.4 Å². The predicted octanol–water partition coefficient (Wildman–Crippen LogP) is 1.92. The molecule has 0 aromatic carbocycles. The van der Waals surface area contributed by atoms with Crippen molar-refractivity contribution in [2.24, 2.45) is 0 Å². The van der Waals surface area contributed by atoms with Crippen molar-refractivity contribution in [3.8, 4) is 0 Å². The Hall–Kier alpha value is 0.110. The van der Waals surface area contributed by atoms with Crippen LogP contribution >= 0.6 is 8.25 Å². The van der Waals surface area contributed by atoms with E-state index < -0.39 is 8.25 Å². The van der Waals surface area contributed by atoms with Crippen LogP contribution in [0.15, 0.2) is 0 Å². The number of quaternary nitrogens is 1. The number of unbranched alkanes of at least 4 members (excludes halogenated alkanes) is 1.